The molecule has 3 nitrogen and oxygen atoms in total. The third-order valence-corrected chi connectivity index (χ3v) is 2.22. The van der Waals surface area contributed by atoms with Crippen LogP contribution in [0.15, 0.2) is 48.9 Å². The zero-order valence-electron chi connectivity index (χ0n) is 9.04. The Morgan fingerprint density at radius 1 is 1.25 bits per heavy atom. The Morgan fingerprint density at radius 3 is 2.62 bits per heavy atom. The number of aryl methyl sites for hydroxylation is 1. The average Bonchev–Trinajstić information content (AvgIpc) is 2.33. The lowest BCUT2D eigenvalue weighted by Crippen LogP contribution is -2.26. The Hall–Kier alpha value is -2.16. The Labute approximate surface area is 94.3 Å². The number of aliphatic hydroxyl groups excluding tert-OH is 1. The summed E-state index contributed by atoms with van der Waals surface area (Å²) in [5.74, 6) is 0.219. The van der Waals surface area contributed by atoms with Crippen LogP contribution < -0.4 is 4.57 Å². The molecule has 0 aliphatic rings. The zero-order valence-corrected chi connectivity index (χ0v) is 9.04. The van der Waals surface area contributed by atoms with E-state index in [1.54, 1.807) is 17.1 Å². The molecule has 80 valence electrons. The van der Waals surface area contributed by atoms with Gasteiger partial charge in [-0.3, -0.25) is 0 Å². The van der Waals surface area contributed by atoms with Crippen LogP contribution in [0.25, 0.3) is 12.0 Å². The van der Waals surface area contributed by atoms with Gasteiger partial charge in [-0.25, -0.2) is 4.57 Å². The van der Waals surface area contributed by atoms with Crippen molar-refractivity contribution in [3.8, 4) is 0 Å². The van der Waals surface area contributed by atoms with Crippen molar-refractivity contribution >= 4 is 12.0 Å². The second-order valence-corrected chi connectivity index (χ2v) is 3.53. The minimum absolute atomic E-state index is 0.219. The van der Waals surface area contributed by atoms with E-state index in [0.717, 1.165) is 11.3 Å². The number of aromatic nitrogens is 2. The zero-order chi connectivity index (χ0) is 11.4. The molecule has 0 aliphatic heterocycles. The summed E-state index contributed by atoms with van der Waals surface area (Å²) in [5, 5.41) is 9.86. The number of hydrogen-bond donors (Lipinski definition) is 1. The smallest absolute Gasteiger partial charge is 0.291 e. The molecule has 0 atom stereocenters. The van der Waals surface area contributed by atoms with E-state index in [4.69, 9.17) is 0 Å². The maximum absolute atomic E-state index is 9.86. The molecule has 0 saturated heterocycles. The van der Waals surface area contributed by atoms with Gasteiger partial charge in [-0.15, -0.1) is 0 Å². The van der Waals surface area contributed by atoms with Crippen molar-refractivity contribution in [2.24, 2.45) is 0 Å². The Bertz CT molecular complexity index is 489. The molecular formula is C13H13N2O+. The van der Waals surface area contributed by atoms with E-state index in [2.05, 4.69) is 4.98 Å². The van der Waals surface area contributed by atoms with Gasteiger partial charge >= 0.3 is 0 Å². The highest BCUT2D eigenvalue weighted by atomic mass is 16.3. The highest BCUT2D eigenvalue weighted by Crippen LogP contribution is 2.09. The van der Waals surface area contributed by atoms with Gasteiger partial charge in [0.2, 0.25) is 0 Å². The quantitative estimate of drug-likeness (QED) is 0.613. The maximum atomic E-state index is 9.86. The number of aliphatic hydroxyl groups is 1. The molecule has 0 unspecified atom stereocenters. The van der Waals surface area contributed by atoms with Crippen LogP contribution in [0.1, 0.15) is 11.3 Å². The summed E-state index contributed by atoms with van der Waals surface area (Å²) in [6.07, 6.45) is 5.14. The SMILES string of the molecule is Cc1cc[n+](/C=C(\O)c2ccccc2)cn1. The van der Waals surface area contributed by atoms with Gasteiger partial charge in [-0.2, -0.15) is 0 Å². The molecular weight excluding hydrogens is 200 g/mol. The summed E-state index contributed by atoms with van der Waals surface area (Å²) in [5.41, 5.74) is 1.74. The Kier molecular flexibility index (Phi) is 2.96. The third-order valence-electron chi connectivity index (χ3n) is 2.22. The van der Waals surface area contributed by atoms with Crippen molar-refractivity contribution in [2.45, 2.75) is 6.92 Å². The minimum atomic E-state index is 0.219. The number of rotatable bonds is 2. The molecule has 2 rings (SSSR count). The standard InChI is InChI=1S/C13H12N2O/c1-11-7-8-15(10-14-11)9-13(16)12-5-3-2-4-6-12/h2-10H,1H3/p+1/b13-9-. The second kappa shape index (κ2) is 4.57. The van der Waals surface area contributed by atoms with Gasteiger partial charge in [0, 0.05) is 18.6 Å². The van der Waals surface area contributed by atoms with Crippen LogP contribution in [0, 0.1) is 6.92 Å². The number of nitrogens with zero attached hydrogens (tertiary/aromatic N) is 2. The summed E-state index contributed by atoms with van der Waals surface area (Å²) in [7, 11) is 0. The highest BCUT2D eigenvalue weighted by Gasteiger charge is 2.01. The fraction of sp³-hybridized carbons (Fsp3) is 0.0769. The number of benzene rings is 1. The van der Waals surface area contributed by atoms with Crippen molar-refractivity contribution in [1.82, 2.24) is 4.98 Å². The van der Waals surface area contributed by atoms with Crippen LogP contribution >= 0.6 is 0 Å². The molecule has 1 N–H and O–H groups in total. The van der Waals surface area contributed by atoms with E-state index < -0.39 is 0 Å². The van der Waals surface area contributed by atoms with Gasteiger partial charge in [0.15, 0.2) is 11.5 Å². The molecule has 0 spiro atoms. The molecule has 0 amide bonds. The number of hydrogen-bond acceptors (Lipinski definition) is 2. The van der Waals surface area contributed by atoms with E-state index in [1.165, 1.54) is 0 Å². The van der Waals surface area contributed by atoms with E-state index in [1.807, 2.05) is 49.5 Å². The van der Waals surface area contributed by atoms with Crippen LogP contribution in [-0.2, 0) is 0 Å². The molecule has 2 aromatic rings. The van der Waals surface area contributed by atoms with Gasteiger partial charge in [0.1, 0.15) is 6.20 Å². The van der Waals surface area contributed by atoms with Crippen molar-refractivity contribution in [2.75, 3.05) is 0 Å². The van der Waals surface area contributed by atoms with Gasteiger partial charge in [-0.05, 0) is 0 Å². The van der Waals surface area contributed by atoms with Crippen LogP contribution in [0.4, 0.5) is 0 Å². The highest BCUT2D eigenvalue weighted by molar-refractivity contribution is 5.65. The summed E-state index contributed by atoms with van der Waals surface area (Å²) in [4.78, 5) is 4.13. The average molecular weight is 213 g/mol. The largest absolute Gasteiger partial charge is 0.504 e. The first kappa shape index (κ1) is 10.4. The van der Waals surface area contributed by atoms with E-state index in [9.17, 15) is 5.11 Å². The van der Waals surface area contributed by atoms with Gasteiger partial charge in [-0.1, -0.05) is 35.3 Å². The lowest BCUT2D eigenvalue weighted by Gasteiger charge is -1.97. The lowest BCUT2D eigenvalue weighted by atomic mass is 10.2. The first-order chi connectivity index (χ1) is 7.75. The van der Waals surface area contributed by atoms with Crippen molar-refractivity contribution < 1.29 is 9.67 Å². The second-order valence-electron chi connectivity index (χ2n) is 3.53. The summed E-state index contributed by atoms with van der Waals surface area (Å²) < 4.78 is 1.72. The molecule has 0 radical (unpaired) electrons. The third kappa shape index (κ3) is 2.45. The monoisotopic (exact) mass is 213 g/mol. The molecule has 1 heterocycles. The Balaban J connectivity index is 2.28. The van der Waals surface area contributed by atoms with Gasteiger partial charge in [0.05, 0.1) is 6.20 Å². The fourth-order valence-corrected chi connectivity index (χ4v) is 1.33. The van der Waals surface area contributed by atoms with Crippen molar-refractivity contribution in [3.05, 3.63) is 60.2 Å². The molecule has 1 aromatic carbocycles. The van der Waals surface area contributed by atoms with Crippen LogP contribution in [0.3, 0.4) is 0 Å². The topological polar surface area (TPSA) is 37.0 Å². The lowest BCUT2D eigenvalue weighted by molar-refractivity contribution is -0.571. The summed E-state index contributed by atoms with van der Waals surface area (Å²) >= 11 is 0. The van der Waals surface area contributed by atoms with E-state index in [0.29, 0.717) is 0 Å². The predicted molar refractivity (Wildman–Crippen MR) is 62.4 cm³/mol. The Morgan fingerprint density at radius 2 is 2.00 bits per heavy atom. The van der Waals surface area contributed by atoms with E-state index in [-0.39, 0.29) is 5.76 Å². The molecule has 3 heteroatoms. The summed E-state index contributed by atoms with van der Waals surface area (Å²) in [6.45, 7) is 1.92. The first-order valence-corrected chi connectivity index (χ1v) is 5.05. The molecule has 0 aliphatic carbocycles. The fourth-order valence-electron chi connectivity index (χ4n) is 1.33. The molecule has 1 aromatic heterocycles. The van der Waals surface area contributed by atoms with Crippen LogP contribution in [0.5, 0.6) is 0 Å². The first-order valence-electron chi connectivity index (χ1n) is 5.05. The van der Waals surface area contributed by atoms with Crippen LogP contribution in [0.2, 0.25) is 0 Å². The molecule has 0 fully saturated rings. The molecule has 0 saturated carbocycles. The van der Waals surface area contributed by atoms with Gasteiger partial charge < -0.3 is 5.11 Å². The summed E-state index contributed by atoms with van der Waals surface area (Å²) in [6, 6.07) is 11.3. The van der Waals surface area contributed by atoms with Crippen molar-refractivity contribution in [3.63, 3.8) is 0 Å². The normalized spacial score (nSPS) is 11.4. The van der Waals surface area contributed by atoms with E-state index >= 15 is 0 Å². The maximum Gasteiger partial charge on any atom is 0.291 e. The predicted octanol–water partition coefficient (Wildman–Crippen LogP) is 2.19. The minimum Gasteiger partial charge on any atom is -0.504 e. The molecule has 16 heavy (non-hydrogen) atoms. The van der Waals surface area contributed by atoms with Crippen LogP contribution in [-0.4, -0.2) is 10.1 Å². The molecule has 0 bridgehead atoms. The van der Waals surface area contributed by atoms with Crippen molar-refractivity contribution in [1.29, 1.82) is 0 Å². The van der Waals surface area contributed by atoms with Gasteiger partial charge in [0.25, 0.3) is 6.33 Å².